The molecule has 0 bridgehead atoms. The van der Waals surface area contributed by atoms with Crippen LogP contribution in [0.2, 0.25) is 0 Å². The third-order valence-corrected chi connectivity index (χ3v) is 1.88. The molecule has 0 saturated carbocycles. The van der Waals surface area contributed by atoms with Crippen LogP contribution in [0.3, 0.4) is 0 Å². The van der Waals surface area contributed by atoms with Gasteiger partial charge in [-0.05, 0) is 12.5 Å². The molecule has 5 heteroatoms. The zero-order valence-corrected chi connectivity index (χ0v) is 8.20. The van der Waals surface area contributed by atoms with Crippen molar-refractivity contribution in [3.63, 3.8) is 0 Å². The Morgan fingerprint density at radius 1 is 1.46 bits per heavy atom. The van der Waals surface area contributed by atoms with Crippen LogP contribution in [0.5, 0.6) is 0 Å². The van der Waals surface area contributed by atoms with Gasteiger partial charge in [0.25, 0.3) is 0 Å². The van der Waals surface area contributed by atoms with E-state index in [0.29, 0.717) is 6.54 Å². The molecular formula is C8H19N3O2. The molecule has 0 rings (SSSR count). The van der Waals surface area contributed by atoms with E-state index in [1.54, 1.807) is 0 Å². The minimum Gasteiger partial charge on any atom is -0.409 e. The Bertz CT molecular complexity index is 161. The highest BCUT2D eigenvalue weighted by atomic mass is 16.4. The molecule has 0 aromatic rings. The van der Waals surface area contributed by atoms with Gasteiger partial charge in [0.1, 0.15) is 5.84 Å². The van der Waals surface area contributed by atoms with E-state index in [1.807, 2.05) is 13.8 Å². The summed E-state index contributed by atoms with van der Waals surface area (Å²) >= 11 is 0. The van der Waals surface area contributed by atoms with Crippen molar-refractivity contribution >= 4 is 5.84 Å². The molecule has 5 nitrogen and oxygen atoms in total. The smallest absolute Gasteiger partial charge is 0.143 e. The summed E-state index contributed by atoms with van der Waals surface area (Å²) < 4.78 is 0. The zero-order chi connectivity index (χ0) is 10.3. The van der Waals surface area contributed by atoms with Crippen LogP contribution in [0.4, 0.5) is 0 Å². The van der Waals surface area contributed by atoms with Gasteiger partial charge in [-0.1, -0.05) is 19.0 Å². The summed E-state index contributed by atoms with van der Waals surface area (Å²) in [4.78, 5) is 0. The first-order valence-corrected chi connectivity index (χ1v) is 4.40. The fraction of sp³-hybridized carbons (Fsp3) is 0.875. The van der Waals surface area contributed by atoms with Gasteiger partial charge in [-0.2, -0.15) is 0 Å². The summed E-state index contributed by atoms with van der Waals surface area (Å²) in [5, 5.41) is 23.1. The number of amidine groups is 1. The van der Waals surface area contributed by atoms with E-state index in [0.717, 1.165) is 6.54 Å². The number of aliphatic hydroxyl groups is 1. The Hall–Kier alpha value is -0.810. The minimum absolute atomic E-state index is 0.0101. The maximum absolute atomic E-state index is 8.73. The van der Waals surface area contributed by atoms with Gasteiger partial charge in [-0.15, -0.1) is 0 Å². The molecule has 0 fully saturated rings. The Labute approximate surface area is 78.6 Å². The SMILES string of the molecule is CC(CO)CNCC(C)C(N)=NO. The summed E-state index contributed by atoms with van der Waals surface area (Å²) in [5.74, 6) is 0.472. The van der Waals surface area contributed by atoms with Gasteiger partial charge in [0.2, 0.25) is 0 Å². The maximum atomic E-state index is 8.73. The number of hydrogen-bond acceptors (Lipinski definition) is 4. The summed E-state index contributed by atoms with van der Waals surface area (Å²) in [5.41, 5.74) is 5.38. The normalized spacial score (nSPS) is 17.0. The number of aliphatic hydroxyl groups excluding tert-OH is 1. The highest BCUT2D eigenvalue weighted by molar-refractivity contribution is 5.82. The van der Waals surface area contributed by atoms with Gasteiger partial charge < -0.3 is 21.4 Å². The maximum Gasteiger partial charge on any atom is 0.143 e. The fourth-order valence-corrected chi connectivity index (χ4v) is 0.814. The van der Waals surface area contributed by atoms with Crippen LogP contribution < -0.4 is 11.1 Å². The molecule has 0 aliphatic rings. The van der Waals surface area contributed by atoms with Gasteiger partial charge in [0.05, 0.1) is 0 Å². The number of oxime groups is 1. The van der Waals surface area contributed by atoms with Crippen LogP contribution >= 0.6 is 0 Å². The van der Waals surface area contributed by atoms with Crippen molar-refractivity contribution in [2.24, 2.45) is 22.7 Å². The first kappa shape index (κ1) is 12.2. The molecule has 0 amide bonds. The Kier molecular flexibility index (Phi) is 6.26. The number of rotatable bonds is 6. The highest BCUT2D eigenvalue weighted by Gasteiger charge is 2.07. The molecule has 0 radical (unpaired) electrons. The lowest BCUT2D eigenvalue weighted by atomic mass is 10.1. The van der Waals surface area contributed by atoms with E-state index < -0.39 is 0 Å². The average Bonchev–Trinajstić information content (AvgIpc) is 2.15. The molecule has 0 aliphatic heterocycles. The van der Waals surface area contributed by atoms with Gasteiger partial charge in [-0.25, -0.2) is 0 Å². The predicted octanol–water partition coefficient (Wildman–Crippen LogP) is -0.413. The molecule has 0 aliphatic carbocycles. The number of nitrogens with zero attached hydrogens (tertiary/aromatic N) is 1. The number of nitrogens with one attached hydrogen (secondary N) is 1. The quantitative estimate of drug-likeness (QED) is 0.198. The molecule has 0 heterocycles. The molecule has 0 spiro atoms. The van der Waals surface area contributed by atoms with Crippen molar-refractivity contribution in [1.29, 1.82) is 0 Å². The second-order valence-corrected chi connectivity index (χ2v) is 3.37. The van der Waals surface area contributed by atoms with E-state index >= 15 is 0 Å². The van der Waals surface area contributed by atoms with E-state index in [-0.39, 0.29) is 24.3 Å². The van der Waals surface area contributed by atoms with Crippen molar-refractivity contribution in [2.75, 3.05) is 19.7 Å². The molecule has 0 saturated heterocycles. The monoisotopic (exact) mass is 189 g/mol. The molecule has 2 unspecified atom stereocenters. The molecule has 5 N–H and O–H groups in total. The largest absolute Gasteiger partial charge is 0.409 e. The van der Waals surface area contributed by atoms with Crippen molar-refractivity contribution in [3.05, 3.63) is 0 Å². The summed E-state index contributed by atoms with van der Waals surface area (Å²) in [6, 6.07) is 0. The van der Waals surface area contributed by atoms with E-state index in [2.05, 4.69) is 10.5 Å². The first-order chi connectivity index (χ1) is 6.11. The topological polar surface area (TPSA) is 90.9 Å². The summed E-state index contributed by atoms with van der Waals surface area (Å²) in [7, 11) is 0. The third kappa shape index (κ3) is 5.43. The van der Waals surface area contributed by atoms with Gasteiger partial charge in [0.15, 0.2) is 0 Å². The Morgan fingerprint density at radius 2 is 2.08 bits per heavy atom. The number of nitrogens with two attached hydrogens (primary N) is 1. The van der Waals surface area contributed by atoms with Crippen LogP contribution in [-0.2, 0) is 0 Å². The van der Waals surface area contributed by atoms with Gasteiger partial charge in [0, 0.05) is 19.1 Å². The van der Waals surface area contributed by atoms with Crippen molar-refractivity contribution in [2.45, 2.75) is 13.8 Å². The van der Waals surface area contributed by atoms with Crippen molar-refractivity contribution in [3.8, 4) is 0 Å². The summed E-state index contributed by atoms with van der Waals surface area (Å²) in [6.45, 7) is 5.37. The van der Waals surface area contributed by atoms with Crippen molar-refractivity contribution in [1.82, 2.24) is 5.32 Å². The number of hydrogen-bond donors (Lipinski definition) is 4. The first-order valence-electron chi connectivity index (χ1n) is 4.40. The lowest BCUT2D eigenvalue weighted by molar-refractivity contribution is 0.233. The average molecular weight is 189 g/mol. The van der Waals surface area contributed by atoms with Crippen LogP contribution in [0.25, 0.3) is 0 Å². The highest BCUT2D eigenvalue weighted by Crippen LogP contribution is 1.94. The Morgan fingerprint density at radius 3 is 2.54 bits per heavy atom. The lowest BCUT2D eigenvalue weighted by Gasteiger charge is -2.13. The second-order valence-electron chi connectivity index (χ2n) is 3.37. The standard InChI is InChI=1S/C8H19N3O2/c1-6(5-12)3-10-4-7(2)8(9)11-13/h6-7,10,12-13H,3-5H2,1-2H3,(H2,9,11). The van der Waals surface area contributed by atoms with Gasteiger partial charge >= 0.3 is 0 Å². The van der Waals surface area contributed by atoms with Crippen LogP contribution in [0, 0.1) is 11.8 Å². The molecule has 78 valence electrons. The zero-order valence-electron chi connectivity index (χ0n) is 8.20. The molecule has 0 aromatic carbocycles. The minimum atomic E-state index is 0.0101. The Balaban J connectivity index is 3.53. The molecule has 13 heavy (non-hydrogen) atoms. The molecule has 0 aromatic heterocycles. The van der Waals surface area contributed by atoms with Crippen LogP contribution in [0.15, 0.2) is 5.16 Å². The lowest BCUT2D eigenvalue weighted by Crippen LogP contribution is -2.33. The van der Waals surface area contributed by atoms with E-state index in [1.165, 1.54) is 0 Å². The fourth-order valence-electron chi connectivity index (χ4n) is 0.814. The molecular weight excluding hydrogens is 170 g/mol. The predicted molar refractivity (Wildman–Crippen MR) is 51.7 cm³/mol. The van der Waals surface area contributed by atoms with Gasteiger partial charge in [-0.3, -0.25) is 0 Å². The second kappa shape index (κ2) is 6.68. The molecule has 2 atom stereocenters. The van der Waals surface area contributed by atoms with Crippen LogP contribution in [0.1, 0.15) is 13.8 Å². The van der Waals surface area contributed by atoms with Crippen molar-refractivity contribution < 1.29 is 10.3 Å². The van der Waals surface area contributed by atoms with Crippen LogP contribution in [-0.4, -0.2) is 35.8 Å². The van der Waals surface area contributed by atoms with E-state index in [4.69, 9.17) is 16.0 Å². The van der Waals surface area contributed by atoms with E-state index in [9.17, 15) is 0 Å². The third-order valence-electron chi connectivity index (χ3n) is 1.88. The summed E-state index contributed by atoms with van der Waals surface area (Å²) in [6.07, 6.45) is 0.